The van der Waals surface area contributed by atoms with Crippen LogP contribution < -0.4 is 0 Å². The number of aliphatic hydroxyl groups is 1. The van der Waals surface area contributed by atoms with Gasteiger partial charge in [0.05, 0.1) is 19.8 Å². The third kappa shape index (κ3) is 6.21. The van der Waals surface area contributed by atoms with Crippen LogP contribution in [0.1, 0.15) is 0 Å². The predicted octanol–water partition coefficient (Wildman–Crippen LogP) is -0.306. The van der Waals surface area contributed by atoms with Gasteiger partial charge in [-0.2, -0.15) is 4.91 Å². The lowest BCUT2D eigenvalue weighted by Crippen LogP contribution is -2.32. The molecule has 0 radical (unpaired) electrons. The second-order valence-electron chi connectivity index (χ2n) is 2.41. The SMILES string of the molecule is COCCN(CCO)CCN=O. The summed E-state index contributed by atoms with van der Waals surface area (Å²) in [6, 6.07) is 0. The normalized spacial score (nSPS) is 10.6. The summed E-state index contributed by atoms with van der Waals surface area (Å²) >= 11 is 0. The summed E-state index contributed by atoms with van der Waals surface area (Å²) in [6.07, 6.45) is 0. The van der Waals surface area contributed by atoms with E-state index >= 15 is 0 Å². The number of methoxy groups -OCH3 is 1. The van der Waals surface area contributed by atoms with Crippen LogP contribution in [0.2, 0.25) is 0 Å². The molecular formula is C7H16N2O3. The van der Waals surface area contributed by atoms with Crippen molar-refractivity contribution < 1.29 is 9.84 Å². The molecule has 0 heterocycles. The number of ether oxygens (including phenoxy) is 1. The lowest BCUT2D eigenvalue weighted by Gasteiger charge is -2.18. The van der Waals surface area contributed by atoms with Gasteiger partial charge in [-0.3, -0.25) is 4.90 Å². The number of nitroso groups, excluding NO2 is 1. The maximum atomic E-state index is 9.82. The van der Waals surface area contributed by atoms with Gasteiger partial charge in [0.2, 0.25) is 0 Å². The third-order valence-corrected chi connectivity index (χ3v) is 1.54. The van der Waals surface area contributed by atoms with Crippen molar-refractivity contribution in [1.29, 1.82) is 0 Å². The summed E-state index contributed by atoms with van der Waals surface area (Å²) in [4.78, 5) is 11.8. The first-order chi connectivity index (χ1) is 5.85. The Morgan fingerprint density at radius 3 is 2.67 bits per heavy atom. The van der Waals surface area contributed by atoms with Crippen LogP contribution in [0.5, 0.6) is 0 Å². The van der Waals surface area contributed by atoms with Crippen molar-refractivity contribution in [1.82, 2.24) is 4.90 Å². The standard InChI is InChI=1S/C7H16N2O3/c1-12-7-5-9(4-6-10)3-2-8-11/h10H,2-7H2,1H3. The highest BCUT2D eigenvalue weighted by Gasteiger charge is 2.02. The second-order valence-corrected chi connectivity index (χ2v) is 2.41. The highest BCUT2D eigenvalue weighted by atomic mass is 16.5. The molecule has 0 aromatic carbocycles. The Kier molecular flexibility index (Phi) is 8.20. The maximum absolute atomic E-state index is 9.82. The molecule has 0 spiro atoms. The van der Waals surface area contributed by atoms with Crippen molar-refractivity contribution in [3.63, 3.8) is 0 Å². The first-order valence-electron chi connectivity index (χ1n) is 3.96. The van der Waals surface area contributed by atoms with Crippen molar-refractivity contribution in [2.45, 2.75) is 0 Å². The van der Waals surface area contributed by atoms with Crippen molar-refractivity contribution in [2.75, 3.05) is 46.5 Å². The summed E-state index contributed by atoms with van der Waals surface area (Å²) in [6.45, 7) is 2.87. The van der Waals surface area contributed by atoms with Gasteiger partial charge in [0.25, 0.3) is 0 Å². The summed E-state index contributed by atoms with van der Waals surface area (Å²) < 4.78 is 4.87. The Morgan fingerprint density at radius 2 is 2.17 bits per heavy atom. The minimum absolute atomic E-state index is 0.0998. The number of rotatable bonds is 8. The molecule has 1 N–H and O–H groups in total. The van der Waals surface area contributed by atoms with E-state index in [0.29, 0.717) is 19.7 Å². The van der Waals surface area contributed by atoms with Gasteiger partial charge in [-0.05, 0) is 0 Å². The fraction of sp³-hybridized carbons (Fsp3) is 1.00. The average molecular weight is 176 g/mol. The molecule has 5 heteroatoms. The summed E-state index contributed by atoms with van der Waals surface area (Å²) in [5, 5.41) is 11.4. The van der Waals surface area contributed by atoms with E-state index in [2.05, 4.69) is 5.18 Å². The lowest BCUT2D eigenvalue weighted by atomic mass is 10.4. The Labute approximate surface area is 72.3 Å². The fourth-order valence-corrected chi connectivity index (χ4v) is 0.879. The Bertz CT molecular complexity index is 111. The van der Waals surface area contributed by atoms with Crippen molar-refractivity contribution in [3.8, 4) is 0 Å². The fourth-order valence-electron chi connectivity index (χ4n) is 0.879. The molecule has 0 aromatic heterocycles. The zero-order valence-corrected chi connectivity index (χ0v) is 7.40. The van der Waals surface area contributed by atoms with Crippen LogP contribution in [0.3, 0.4) is 0 Å². The molecule has 0 fully saturated rings. The molecule has 0 aromatic rings. The molecule has 5 nitrogen and oxygen atoms in total. The van der Waals surface area contributed by atoms with E-state index in [4.69, 9.17) is 9.84 Å². The van der Waals surface area contributed by atoms with E-state index in [0.717, 1.165) is 6.54 Å². The quantitative estimate of drug-likeness (QED) is 0.515. The van der Waals surface area contributed by atoms with Crippen molar-refractivity contribution in [2.24, 2.45) is 5.18 Å². The topological polar surface area (TPSA) is 62.1 Å². The lowest BCUT2D eigenvalue weighted by molar-refractivity contribution is 0.133. The van der Waals surface area contributed by atoms with E-state index < -0.39 is 0 Å². The summed E-state index contributed by atoms with van der Waals surface area (Å²) in [7, 11) is 1.62. The summed E-state index contributed by atoms with van der Waals surface area (Å²) in [5.41, 5.74) is 0. The van der Waals surface area contributed by atoms with Gasteiger partial charge in [-0.1, -0.05) is 5.18 Å². The highest BCUT2D eigenvalue weighted by Crippen LogP contribution is 1.87. The van der Waals surface area contributed by atoms with Gasteiger partial charge in [0.15, 0.2) is 0 Å². The Hall–Kier alpha value is -0.520. The minimum Gasteiger partial charge on any atom is -0.395 e. The third-order valence-electron chi connectivity index (χ3n) is 1.54. The minimum atomic E-state index is 0.0998. The second kappa shape index (κ2) is 8.58. The molecule has 72 valence electrons. The predicted molar refractivity (Wildman–Crippen MR) is 46.1 cm³/mol. The van der Waals surface area contributed by atoms with Gasteiger partial charge in [-0.25, -0.2) is 0 Å². The van der Waals surface area contributed by atoms with E-state index in [9.17, 15) is 4.91 Å². The molecule has 0 rings (SSSR count). The van der Waals surface area contributed by atoms with Crippen LogP contribution in [0.4, 0.5) is 0 Å². The molecule has 0 atom stereocenters. The maximum Gasteiger partial charge on any atom is 0.0938 e. The van der Waals surface area contributed by atoms with Crippen LogP contribution >= 0.6 is 0 Å². The smallest absolute Gasteiger partial charge is 0.0938 e. The zero-order valence-electron chi connectivity index (χ0n) is 7.40. The molecule has 0 unspecified atom stereocenters. The molecular weight excluding hydrogens is 160 g/mol. The molecule has 0 aliphatic heterocycles. The number of nitrogens with zero attached hydrogens (tertiary/aromatic N) is 2. The number of aliphatic hydroxyl groups excluding tert-OH is 1. The Balaban J connectivity index is 3.46. The zero-order chi connectivity index (χ0) is 9.23. The monoisotopic (exact) mass is 176 g/mol. The van der Waals surface area contributed by atoms with Crippen LogP contribution in [0.25, 0.3) is 0 Å². The van der Waals surface area contributed by atoms with Gasteiger partial charge < -0.3 is 9.84 Å². The van der Waals surface area contributed by atoms with E-state index in [1.807, 2.05) is 4.90 Å². The molecule has 12 heavy (non-hydrogen) atoms. The molecule has 0 saturated carbocycles. The first-order valence-corrected chi connectivity index (χ1v) is 3.96. The number of hydrogen-bond donors (Lipinski definition) is 1. The molecule has 0 amide bonds. The van der Waals surface area contributed by atoms with Crippen LogP contribution in [-0.4, -0.2) is 56.5 Å². The highest BCUT2D eigenvalue weighted by molar-refractivity contribution is 4.57. The van der Waals surface area contributed by atoms with Gasteiger partial charge >= 0.3 is 0 Å². The largest absolute Gasteiger partial charge is 0.395 e. The van der Waals surface area contributed by atoms with Crippen LogP contribution in [0.15, 0.2) is 5.18 Å². The Morgan fingerprint density at radius 1 is 1.42 bits per heavy atom. The van der Waals surface area contributed by atoms with E-state index in [1.165, 1.54) is 0 Å². The van der Waals surface area contributed by atoms with Gasteiger partial charge in [0.1, 0.15) is 0 Å². The average Bonchev–Trinajstić information content (AvgIpc) is 2.10. The summed E-state index contributed by atoms with van der Waals surface area (Å²) in [5.74, 6) is 0. The van der Waals surface area contributed by atoms with Crippen molar-refractivity contribution >= 4 is 0 Å². The van der Waals surface area contributed by atoms with Gasteiger partial charge in [-0.15, -0.1) is 0 Å². The van der Waals surface area contributed by atoms with E-state index in [-0.39, 0.29) is 13.2 Å². The molecule has 0 bridgehead atoms. The molecule has 0 aliphatic carbocycles. The van der Waals surface area contributed by atoms with E-state index in [1.54, 1.807) is 7.11 Å². The van der Waals surface area contributed by atoms with Gasteiger partial charge in [0, 0.05) is 26.7 Å². The van der Waals surface area contributed by atoms with Crippen LogP contribution in [-0.2, 0) is 4.74 Å². The van der Waals surface area contributed by atoms with Crippen molar-refractivity contribution in [3.05, 3.63) is 4.91 Å². The molecule has 0 aliphatic rings. The molecule has 0 saturated heterocycles. The first kappa shape index (κ1) is 11.5. The number of hydrogen-bond acceptors (Lipinski definition) is 5. The van der Waals surface area contributed by atoms with Crippen LogP contribution in [0, 0.1) is 4.91 Å².